The zero-order valence-corrected chi connectivity index (χ0v) is 24.0. The second-order valence-corrected chi connectivity index (χ2v) is 13.0. The monoisotopic (exact) mass is 558 g/mol. The number of benzene rings is 1. The molecule has 208 valence electrons. The number of fused-ring (bicyclic) bond motifs is 1. The number of hydrogen-bond donors (Lipinski definition) is 2. The van der Waals surface area contributed by atoms with Gasteiger partial charge in [-0.25, -0.2) is 18.4 Å². The Labute approximate surface area is 235 Å². The van der Waals surface area contributed by atoms with Crippen LogP contribution >= 0.6 is 0 Å². The fraction of sp³-hybridized carbons (Fsp3) is 0.333. The predicted molar refractivity (Wildman–Crippen MR) is 157 cm³/mol. The van der Waals surface area contributed by atoms with Gasteiger partial charge in [0.25, 0.3) is 5.91 Å². The average Bonchev–Trinajstić information content (AvgIpc) is 3.11. The number of amides is 1. The third kappa shape index (κ3) is 6.29. The number of sulfone groups is 1. The Morgan fingerprint density at radius 3 is 2.67 bits per heavy atom. The van der Waals surface area contributed by atoms with Crippen LogP contribution in [-0.4, -0.2) is 60.7 Å². The summed E-state index contributed by atoms with van der Waals surface area (Å²) in [6.45, 7) is 9.10. The van der Waals surface area contributed by atoms with E-state index in [2.05, 4.69) is 34.4 Å². The van der Waals surface area contributed by atoms with Crippen molar-refractivity contribution in [2.24, 2.45) is 0 Å². The number of hydrogen-bond acceptors (Lipinski definition) is 8. The van der Waals surface area contributed by atoms with E-state index >= 15 is 0 Å². The quantitative estimate of drug-likeness (QED) is 0.366. The molecular weight excluding hydrogens is 524 g/mol. The molecule has 40 heavy (non-hydrogen) atoms. The van der Waals surface area contributed by atoms with Gasteiger partial charge in [-0.1, -0.05) is 12.1 Å². The van der Waals surface area contributed by atoms with E-state index in [4.69, 9.17) is 9.97 Å². The van der Waals surface area contributed by atoms with Crippen LogP contribution in [0.2, 0.25) is 0 Å². The van der Waals surface area contributed by atoms with Crippen molar-refractivity contribution in [3.63, 3.8) is 0 Å². The van der Waals surface area contributed by atoms with Crippen LogP contribution in [0.1, 0.15) is 41.9 Å². The van der Waals surface area contributed by atoms with Crippen LogP contribution in [0.25, 0.3) is 22.3 Å². The van der Waals surface area contributed by atoms with Crippen LogP contribution in [0, 0.1) is 6.92 Å². The molecule has 0 radical (unpaired) electrons. The average molecular weight is 559 g/mol. The predicted octanol–water partition coefficient (Wildman–Crippen LogP) is 3.91. The van der Waals surface area contributed by atoms with Gasteiger partial charge < -0.3 is 15.5 Å². The van der Waals surface area contributed by atoms with Crippen molar-refractivity contribution >= 4 is 32.5 Å². The van der Waals surface area contributed by atoms with Gasteiger partial charge >= 0.3 is 0 Å². The molecule has 1 aromatic carbocycles. The minimum Gasteiger partial charge on any atom is -0.355 e. The Bertz CT molecular complexity index is 1690. The molecule has 0 atom stereocenters. The van der Waals surface area contributed by atoms with Crippen molar-refractivity contribution in [3.05, 3.63) is 77.6 Å². The number of anilines is 1. The van der Waals surface area contributed by atoms with Gasteiger partial charge in [0, 0.05) is 42.0 Å². The molecule has 10 heteroatoms. The van der Waals surface area contributed by atoms with E-state index < -0.39 is 9.84 Å². The van der Waals surface area contributed by atoms with Gasteiger partial charge in [-0.05, 0) is 81.8 Å². The van der Waals surface area contributed by atoms with Gasteiger partial charge in [0.15, 0.2) is 9.84 Å². The third-order valence-electron chi connectivity index (χ3n) is 7.03. The molecule has 2 N–H and O–H groups in total. The first kappa shape index (κ1) is 27.7. The number of nitrogens with zero attached hydrogens (tertiary/aromatic N) is 4. The van der Waals surface area contributed by atoms with Crippen LogP contribution in [0.5, 0.6) is 0 Å². The Morgan fingerprint density at radius 2 is 1.88 bits per heavy atom. The standard InChI is InChI=1S/C30H34N6O3S/c1-20-9-10-21(15-27(20)40(4,38)39)29(37)32-18-23-16-26-22(17-31-23)11-12-25(34-26)24-7-5-8-28(35-24)36-14-6-13-33-30(2,3)19-36/h5,7-12,15-17,33H,6,13-14,18-19H2,1-4H3,(H,32,37). The lowest BCUT2D eigenvalue weighted by molar-refractivity contribution is 0.0950. The smallest absolute Gasteiger partial charge is 0.251 e. The maximum Gasteiger partial charge on any atom is 0.251 e. The van der Waals surface area contributed by atoms with Crippen LogP contribution in [0.15, 0.2) is 65.7 Å². The summed E-state index contributed by atoms with van der Waals surface area (Å²) in [6.07, 6.45) is 3.92. The molecule has 1 saturated heterocycles. The topological polar surface area (TPSA) is 117 Å². The Balaban J connectivity index is 1.34. The number of pyridine rings is 3. The Morgan fingerprint density at radius 1 is 1.07 bits per heavy atom. The second-order valence-electron chi connectivity index (χ2n) is 11.0. The summed E-state index contributed by atoms with van der Waals surface area (Å²) in [7, 11) is -3.44. The van der Waals surface area contributed by atoms with Gasteiger partial charge in [-0.15, -0.1) is 0 Å². The summed E-state index contributed by atoms with van der Waals surface area (Å²) >= 11 is 0. The Hall–Kier alpha value is -3.89. The van der Waals surface area contributed by atoms with E-state index in [9.17, 15) is 13.2 Å². The molecule has 4 heterocycles. The largest absolute Gasteiger partial charge is 0.355 e. The van der Waals surface area contributed by atoms with Gasteiger partial charge in [-0.3, -0.25) is 9.78 Å². The highest BCUT2D eigenvalue weighted by atomic mass is 32.2. The van der Waals surface area contributed by atoms with Gasteiger partial charge in [0.2, 0.25) is 0 Å². The van der Waals surface area contributed by atoms with Crippen molar-refractivity contribution in [3.8, 4) is 11.4 Å². The van der Waals surface area contributed by atoms with Gasteiger partial charge in [-0.2, -0.15) is 0 Å². The van der Waals surface area contributed by atoms with Crippen molar-refractivity contribution in [1.29, 1.82) is 0 Å². The minimum atomic E-state index is -3.44. The maximum absolute atomic E-state index is 12.8. The molecule has 4 aromatic rings. The first-order valence-electron chi connectivity index (χ1n) is 13.3. The molecule has 5 rings (SSSR count). The minimum absolute atomic E-state index is 0.00362. The van der Waals surface area contributed by atoms with Crippen LogP contribution in [0.3, 0.4) is 0 Å². The molecular formula is C30H34N6O3S. The molecule has 0 bridgehead atoms. The van der Waals surface area contributed by atoms with Crippen molar-refractivity contribution in [1.82, 2.24) is 25.6 Å². The first-order valence-corrected chi connectivity index (χ1v) is 15.2. The lowest BCUT2D eigenvalue weighted by atomic mass is 10.1. The summed E-state index contributed by atoms with van der Waals surface area (Å²) in [5.74, 6) is 0.561. The molecule has 1 aliphatic rings. The lowest BCUT2D eigenvalue weighted by Crippen LogP contribution is -2.46. The highest BCUT2D eigenvalue weighted by molar-refractivity contribution is 7.90. The lowest BCUT2D eigenvalue weighted by Gasteiger charge is -2.30. The SMILES string of the molecule is Cc1ccc(C(=O)NCc2cc3nc(-c4cccc(N5CCCNC(C)(C)C5)n4)ccc3cn2)cc1S(C)(=O)=O. The summed E-state index contributed by atoms with van der Waals surface area (Å²) in [6, 6.07) is 16.5. The molecule has 0 spiro atoms. The Kier molecular flexibility index (Phi) is 7.57. The first-order chi connectivity index (χ1) is 19.0. The normalized spacial score (nSPS) is 15.6. The number of nitrogens with one attached hydrogen (secondary N) is 2. The van der Waals surface area contributed by atoms with Crippen LogP contribution in [0.4, 0.5) is 5.82 Å². The molecule has 0 aliphatic carbocycles. The van der Waals surface area contributed by atoms with E-state index in [1.54, 1.807) is 25.3 Å². The third-order valence-corrected chi connectivity index (χ3v) is 8.26. The summed E-state index contributed by atoms with van der Waals surface area (Å²) in [4.78, 5) is 29.5. The number of aromatic nitrogens is 3. The van der Waals surface area contributed by atoms with E-state index in [-0.39, 0.29) is 28.4 Å². The summed E-state index contributed by atoms with van der Waals surface area (Å²) in [5.41, 5.74) is 3.83. The zero-order chi connectivity index (χ0) is 28.5. The van der Waals surface area contributed by atoms with Crippen LogP contribution in [-0.2, 0) is 16.4 Å². The number of carbonyl (C=O) groups is 1. The van der Waals surface area contributed by atoms with Gasteiger partial charge in [0.1, 0.15) is 5.82 Å². The molecule has 1 aliphatic heterocycles. The molecule has 9 nitrogen and oxygen atoms in total. The van der Waals surface area contributed by atoms with Crippen molar-refractivity contribution in [2.45, 2.75) is 44.2 Å². The molecule has 3 aromatic heterocycles. The van der Waals surface area contributed by atoms with Gasteiger partial charge in [0.05, 0.1) is 34.0 Å². The summed E-state index contributed by atoms with van der Waals surface area (Å²) < 4.78 is 24.1. The fourth-order valence-corrected chi connectivity index (χ4v) is 5.95. The van der Waals surface area contributed by atoms with Crippen LogP contribution < -0.4 is 15.5 Å². The number of carbonyl (C=O) groups excluding carboxylic acids is 1. The summed E-state index contributed by atoms with van der Waals surface area (Å²) in [5, 5.41) is 7.31. The van der Waals surface area contributed by atoms with Crippen molar-refractivity contribution < 1.29 is 13.2 Å². The zero-order valence-electron chi connectivity index (χ0n) is 23.2. The molecule has 1 amide bonds. The maximum atomic E-state index is 12.8. The number of rotatable bonds is 6. The molecule has 0 saturated carbocycles. The molecule has 1 fully saturated rings. The second kappa shape index (κ2) is 10.9. The van der Waals surface area contributed by atoms with E-state index in [1.807, 2.05) is 36.4 Å². The van der Waals surface area contributed by atoms with Crippen molar-refractivity contribution in [2.75, 3.05) is 30.8 Å². The fourth-order valence-electron chi connectivity index (χ4n) is 4.96. The highest BCUT2D eigenvalue weighted by Gasteiger charge is 2.25. The number of aryl methyl sites for hydroxylation is 1. The van der Waals surface area contributed by atoms with E-state index in [0.717, 1.165) is 60.4 Å². The highest BCUT2D eigenvalue weighted by Crippen LogP contribution is 2.24. The van der Waals surface area contributed by atoms with E-state index in [1.165, 1.54) is 6.07 Å². The molecule has 0 unspecified atom stereocenters. The van der Waals surface area contributed by atoms with E-state index in [0.29, 0.717) is 11.3 Å².